The van der Waals surface area contributed by atoms with E-state index in [4.69, 9.17) is 10.2 Å². The molecule has 0 heterocycles. The maximum atomic E-state index is 11.0. The van der Waals surface area contributed by atoms with Crippen LogP contribution >= 0.6 is 0 Å². The first-order valence-electron chi connectivity index (χ1n) is 17.9. The van der Waals surface area contributed by atoms with Gasteiger partial charge in [-0.1, -0.05) is 89.7 Å². The molecule has 0 amide bonds. The average molecular weight is 610 g/mol. The van der Waals surface area contributed by atoms with Gasteiger partial charge < -0.3 is 24.6 Å². The predicted molar refractivity (Wildman–Crippen MR) is 175 cm³/mol. The summed E-state index contributed by atoms with van der Waals surface area (Å²) in [7, 11) is 0. The van der Waals surface area contributed by atoms with E-state index in [1.165, 1.54) is 103 Å². The van der Waals surface area contributed by atoms with Gasteiger partial charge in [0.25, 0.3) is 0 Å². The molecule has 43 heavy (non-hydrogen) atoms. The van der Waals surface area contributed by atoms with Crippen LogP contribution in [0.2, 0.25) is 0 Å². The van der Waals surface area contributed by atoms with Gasteiger partial charge in [0.2, 0.25) is 0 Å². The number of nitrogens with zero attached hydrogens (tertiary/aromatic N) is 1. The molecular weight excluding hydrogens is 542 g/mol. The van der Waals surface area contributed by atoms with Crippen LogP contribution in [-0.2, 0) is 14.4 Å². The van der Waals surface area contributed by atoms with Crippen LogP contribution in [0.3, 0.4) is 0 Å². The van der Waals surface area contributed by atoms with Crippen molar-refractivity contribution in [3.63, 3.8) is 0 Å². The lowest BCUT2D eigenvalue weighted by molar-refractivity contribution is -0.929. The lowest BCUT2D eigenvalue weighted by atomic mass is 10.0. The zero-order valence-electron chi connectivity index (χ0n) is 27.8. The highest BCUT2D eigenvalue weighted by Crippen LogP contribution is 2.20. The molecule has 0 rings (SSSR count). The molecule has 7 heteroatoms. The molecule has 0 bridgehead atoms. The number of rotatable bonds is 34. The van der Waals surface area contributed by atoms with Gasteiger partial charge in [-0.3, -0.25) is 9.59 Å². The van der Waals surface area contributed by atoms with Gasteiger partial charge in [-0.2, -0.15) is 0 Å². The van der Waals surface area contributed by atoms with Crippen molar-refractivity contribution < 1.29 is 34.2 Å². The third-order valence-corrected chi connectivity index (χ3v) is 8.70. The Hall–Kier alpha value is -1.89. The monoisotopic (exact) mass is 609 g/mol. The van der Waals surface area contributed by atoms with Crippen LogP contribution in [0, 0.1) is 0 Å². The molecule has 0 aromatic heterocycles. The summed E-state index contributed by atoms with van der Waals surface area (Å²) < 4.78 is 0.848. The van der Waals surface area contributed by atoms with Gasteiger partial charge in [-0.05, 0) is 83.5 Å². The summed E-state index contributed by atoms with van der Waals surface area (Å²) >= 11 is 0. The van der Waals surface area contributed by atoms with Crippen LogP contribution < -0.4 is 5.11 Å². The molecule has 0 aliphatic carbocycles. The summed E-state index contributed by atoms with van der Waals surface area (Å²) in [6.45, 7) is 5.87. The fourth-order valence-electron chi connectivity index (χ4n) is 6.06. The van der Waals surface area contributed by atoms with E-state index in [0.29, 0.717) is 19.3 Å². The minimum Gasteiger partial charge on any atom is -0.550 e. The smallest absolute Gasteiger partial charge is 0.303 e. The lowest BCUT2D eigenvalue weighted by Gasteiger charge is -2.39. The fourth-order valence-corrected chi connectivity index (χ4v) is 6.06. The van der Waals surface area contributed by atoms with E-state index in [1.807, 2.05) is 0 Å². The minimum absolute atomic E-state index is 0.0641. The van der Waals surface area contributed by atoms with Crippen molar-refractivity contribution >= 4 is 17.9 Å². The van der Waals surface area contributed by atoms with Crippen molar-refractivity contribution in [2.45, 2.75) is 174 Å². The zero-order chi connectivity index (χ0) is 31.9. The third kappa shape index (κ3) is 29.9. The van der Waals surface area contributed by atoms with E-state index in [-0.39, 0.29) is 19.3 Å². The average Bonchev–Trinajstić information content (AvgIpc) is 2.96. The van der Waals surface area contributed by atoms with Crippen LogP contribution in [0.25, 0.3) is 0 Å². The summed E-state index contributed by atoms with van der Waals surface area (Å²) in [6.07, 6.45) is 31.4. The number of carboxylic acid groups (broad SMARTS) is 3. The Morgan fingerprint density at radius 1 is 0.488 bits per heavy atom. The van der Waals surface area contributed by atoms with Gasteiger partial charge in [0, 0.05) is 18.8 Å². The van der Waals surface area contributed by atoms with Crippen LogP contribution in [0.4, 0.5) is 0 Å². The number of quaternary nitrogens is 1. The summed E-state index contributed by atoms with van der Waals surface area (Å²) in [5.41, 5.74) is 0. The van der Waals surface area contributed by atoms with Crippen LogP contribution in [0.1, 0.15) is 174 Å². The fraction of sp³-hybridized carbons (Fsp3) is 0.861. The van der Waals surface area contributed by atoms with Crippen LogP contribution in [0.15, 0.2) is 12.2 Å². The number of carbonyl (C=O) groups is 3. The number of unbranched alkanes of at least 4 members (excludes halogenated alkanes) is 18. The molecule has 2 N–H and O–H groups in total. The molecule has 0 atom stereocenters. The van der Waals surface area contributed by atoms with Gasteiger partial charge in [0.05, 0.1) is 26.2 Å². The van der Waals surface area contributed by atoms with Gasteiger partial charge >= 0.3 is 11.9 Å². The van der Waals surface area contributed by atoms with Crippen molar-refractivity contribution in [2.75, 3.05) is 26.2 Å². The first-order chi connectivity index (χ1) is 20.8. The Bertz CT molecular complexity index is 653. The number of aliphatic carboxylic acids is 3. The second-order valence-electron chi connectivity index (χ2n) is 12.8. The van der Waals surface area contributed by atoms with Crippen molar-refractivity contribution in [1.29, 1.82) is 0 Å². The highest BCUT2D eigenvalue weighted by atomic mass is 16.4. The van der Waals surface area contributed by atoms with E-state index in [9.17, 15) is 19.5 Å². The van der Waals surface area contributed by atoms with E-state index >= 15 is 0 Å². The number of hydrogen-bond donors (Lipinski definition) is 2. The molecule has 252 valence electrons. The highest BCUT2D eigenvalue weighted by molar-refractivity contribution is 5.66. The maximum Gasteiger partial charge on any atom is 0.303 e. The Morgan fingerprint density at radius 3 is 1.19 bits per heavy atom. The zero-order valence-corrected chi connectivity index (χ0v) is 27.8. The maximum absolute atomic E-state index is 11.0. The quantitative estimate of drug-likeness (QED) is 0.0430. The number of carbonyl (C=O) groups excluding carboxylic acids is 1. The molecule has 0 radical (unpaired) electrons. The Labute approximate surface area is 264 Å². The summed E-state index contributed by atoms with van der Waals surface area (Å²) in [5, 5.41) is 29.0. The summed E-state index contributed by atoms with van der Waals surface area (Å²) in [6, 6.07) is 0. The standard InChI is InChI=1S/C36H67NO6/c1-2-3-4-5-6-7-8-9-10-11-12-13-14-15-16-17-18-19-23-30-37(31-24-20-27-34(38)39,32-25-21-28-35(40)41)33-26-22-29-36(42)43/h7-8H,2-6,9-33H2,1H3,(H2-,38,39,40,41,42,43)/b8-7+. The van der Waals surface area contributed by atoms with Crippen molar-refractivity contribution in [3.8, 4) is 0 Å². The first-order valence-corrected chi connectivity index (χ1v) is 17.9. The normalized spacial score (nSPS) is 11.8. The van der Waals surface area contributed by atoms with E-state index in [2.05, 4.69) is 19.1 Å². The summed E-state index contributed by atoms with van der Waals surface area (Å²) in [4.78, 5) is 32.9. The number of carboxylic acids is 3. The van der Waals surface area contributed by atoms with E-state index in [0.717, 1.165) is 56.3 Å². The summed E-state index contributed by atoms with van der Waals surface area (Å²) in [5.74, 6) is -2.56. The molecule has 0 spiro atoms. The molecule has 0 aliphatic heterocycles. The van der Waals surface area contributed by atoms with E-state index in [1.54, 1.807) is 0 Å². The first kappa shape index (κ1) is 41.1. The van der Waals surface area contributed by atoms with Gasteiger partial charge in [-0.15, -0.1) is 0 Å². The van der Waals surface area contributed by atoms with Crippen LogP contribution in [0.5, 0.6) is 0 Å². The predicted octanol–water partition coefficient (Wildman–Crippen LogP) is 8.44. The molecule has 0 unspecified atom stereocenters. The van der Waals surface area contributed by atoms with Gasteiger partial charge in [-0.25, -0.2) is 0 Å². The minimum atomic E-state index is -1.02. The van der Waals surface area contributed by atoms with Crippen molar-refractivity contribution in [3.05, 3.63) is 12.2 Å². The SMILES string of the molecule is CCCCCC/C=C/CCCCCCCCCCCCC[N+](CCCCC(=O)[O-])(CCCCC(=O)O)CCCCC(=O)O. The molecule has 0 aliphatic rings. The number of allylic oxidation sites excluding steroid dienone is 2. The Kier molecular flexibility index (Phi) is 28.8. The molecule has 0 fully saturated rings. The third-order valence-electron chi connectivity index (χ3n) is 8.70. The topological polar surface area (TPSA) is 115 Å². The van der Waals surface area contributed by atoms with Crippen molar-refractivity contribution in [1.82, 2.24) is 0 Å². The molecule has 0 aromatic rings. The second-order valence-corrected chi connectivity index (χ2v) is 12.8. The van der Waals surface area contributed by atoms with Crippen LogP contribution in [-0.4, -0.2) is 58.8 Å². The number of hydrogen-bond acceptors (Lipinski definition) is 4. The highest BCUT2D eigenvalue weighted by Gasteiger charge is 2.26. The van der Waals surface area contributed by atoms with Gasteiger partial charge in [0.1, 0.15) is 0 Å². The van der Waals surface area contributed by atoms with Gasteiger partial charge in [0.15, 0.2) is 0 Å². The molecular formula is C36H67NO6. The molecule has 7 nitrogen and oxygen atoms in total. The Balaban J connectivity index is 4.29. The van der Waals surface area contributed by atoms with Crippen molar-refractivity contribution in [2.24, 2.45) is 0 Å². The second kappa shape index (κ2) is 30.1. The molecule has 0 saturated carbocycles. The molecule has 0 saturated heterocycles. The largest absolute Gasteiger partial charge is 0.550 e. The Morgan fingerprint density at radius 2 is 0.814 bits per heavy atom. The van der Waals surface area contributed by atoms with E-state index < -0.39 is 17.9 Å². The lowest BCUT2D eigenvalue weighted by Crippen LogP contribution is -2.51. The molecule has 0 aromatic carbocycles.